The molecular formula is C16H16N2O3S. The van der Waals surface area contributed by atoms with Gasteiger partial charge in [-0.3, -0.25) is 4.79 Å². The maximum Gasteiger partial charge on any atom is 0.333 e. The zero-order valence-corrected chi connectivity index (χ0v) is 13.1. The number of esters is 1. The van der Waals surface area contributed by atoms with E-state index in [9.17, 15) is 9.59 Å². The van der Waals surface area contributed by atoms with Crippen LogP contribution in [0.2, 0.25) is 0 Å². The molecule has 1 aromatic carbocycles. The normalized spacial score (nSPS) is 12.1. The van der Waals surface area contributed by atoms with Gasteiger partial charge in [-0.2, -0.15) is 0 Å². The van der Waals surface area contributed by atoms with Gasteiger partial charge in [0, 0.05) is 11.5 Å². The fraction of sp³-hybridized carbons (Fsp3) is 0.188. The van der Waals surface area contributed by atoms with Gasteiger partial charge in [-0.05, 0) is 18.6 Å². The zero-order chi connectivity index (χ0) is 15.9. The molecule has 0 spiro atoms. The number of nitrogens with one attached hydrogen (secondary N) is 1. The van der Waals surface area contributed by atoms with E-state index in [2.05, 4.69) is 10.3 Å². The van der Waals surface area contributed by atoms with E-state index in [0.29, 0.717) is 11.3 Å². The lowest BCUT2D eigenvalue weighted by Gasteiger charge is -2.15. The molecule has 2 rings (SSSR count). The lowest BCUT2D eigenvalue weighted by atomic mass is 10.1. The zero-order valence-electron chi connectivity index (χ0n) is 12.3. The minimum Gasteiger partial charge on any atom is -0.467 e. The van der Waals surface area contributed by atoms with Crippen LogP contribution in [0.15, 0.2) is 41.8 Å². The minimum absolute atomic E-state index is 0.384. The molecule has 0 bridgehead atoms. The third-order valence-corrected chi connectivity index (χ3v) is 3.69. The lowest BCUT2D eigenvalue weighted by molar-refractivity contribution is -0.144. The number of carbonyl (C=O) groups is 2. The molecule has 0 aliphatic rings. The van der Waals surface area contributed by atoms with Gasteiger partial charge in [0.05, 0.1) is 17.8 Å². The number of ether oxygens (including phenoxy) is 1. The Kier molecular flexibility index (Phi) is 5.43. The van der Waals surface area contributed by atoms with Gasteiger partial charge in [-0.25, -0.2) is 9.78 Å². The summed E-state index contributed by atoms with van der Waals surface area (Å²) in [6.07, 6.45) is 2.96. The van der Waals surface area contributed by atoms with Gasteiger partial charge >= 0.3 is 5.97 Å². The first-order valence-corrected chi connectivity index (χ1v) is 7.51. The lowest BCUT2D eigenvalue weighted by Crippen LogP contribution is -2.33. The molecule has 0 saturated heterocycles. The Labute approximate surface area is 132 Å². The molecule has 22 heavy (non-hydrogen) atoms. The van der Waals surface area contributed by atoms with E-state index in [-0.39, 0.29) is 5.91 Å². The monoisotopic (exact) mass is 316 g/mol. The van der Waals surface area contributed by atoms with E-state index in [4.69, 9.17) is 4.74 Å². The SMILES string of the molecule is COC(=O)[C@@H](NC(=O)/C=C/c1csc(C)n1)c1ccccc1. The van der Waals surface area contributed by atoms with Crippen LogP contribution in [0.5, 0.6) is 0 Å². The van der Waals surface area contributed by atoms with E-state index in [1.54, 1.807) is 30.3 Å². The first kappa shape index (κ1) is 15.9. The molecule has 1 N–H and O–H groups in total. The summed E-state index contributed by atoms with van der Waals surface area (Å²) < 4.78 is 4.75. The summed E-state index contributed by atoms with van der Waals surface area (Å²) >= 11 is 1.51. The molecule has 0 aliphatic heterocycles. The van der Waals surface area contributed by atoms with Gasteiger partial charge in [0.2, 0.25) is 5.91 Å². The second-order valence-corrected chi connectivity index (χ2v) is 5.56. The Morgan fingerprint density at radius 2 is 2.05 bits per heavy atom. The van der Waals surface area contributed by atoms with Crippen molar-refractivity contribution >= 4 is 29.3 Å². The van der Waals surface area contributed by atoms with Crippen LogP contribution >= 0.6 is 11.3 Å². The van der Waals surface area contributed by atoms with Crippen LogP contribution in [0.4, 0.5) is 0 Å². The topological polar surface area (TPSA) is 68.3 Å². The van der Waals surface area contributed by atoms with Crippen molar-refractivity contribution in [2.24, 2.45) is 0 Å². The third kappa shape index (κ3) is 4.26. The second kappa shape index (κ2) is 7.51. The summed E-state index contributed by atoms with van der Waals surface area (Å²) in [5.74, 6) is -0.901. The molecule has 5 nitrogen and oxygen atoms in total. The van der Waals surface area contributed by atoms with Gasteiger partial charge in [0.25, 0.3) is 0 Å². The highest BCUT2D eigenvalue weighted by atomic mass is 32.1. The first-order valence-electron chi connectivity index (χ1n) is 6.63. The standard InChI is InChI=1S/C16H16N2O3S/c1-11-17-13(10-22-11)8-9-14(19)18-15(16(20)21-2)12-6-4-3-5-7-12/h3-10,15H,1-2H3,(H,18,19)/b9-8+/t15-/m0/s1. The second-order valence-electron chi connectivity index (χ2n) is 4.50. The van der Waals surface area contributed by atoms with Crippen molar-refractivity contribution in [1.29, 1.82) is 0 Å². The summed E-state index contributed by atoms with van der Waals surface area (Å²) in [5.41, 5.74) is 1.38. The number of hydrogen-bond donors (Lipinski definition) is 1. The molecule has 1 atom stereocenters. The number of carbonyl (C=O) groups excluding carboxylic acids is 2. The van der Waals surface area contributed by atoms with E-state index >= 15 is 0 Å². The summed E-state index contributed by atoms with van der Waals surface area (Å²) in [6, 6.07) is 8.12. The molecule has 2 aromatic rings. The fourth-order valence-corrected chi connectivity index (χ4v) is 2.43. The molecule has 1 heterocycles. The maximum atomic E-state index is 12.0. The minimum atomic E-state index is -0.833. The van der Waals surface area contributed by atoms with Crippen LogP contribution in [-0.2, 0) is 14.3 Å². The molecule has 0 aliphatic carbocycles. The van der Waals surface area contributed by atoms with Crippen LogP contribution < -0.4 is 5.32 Å². The van der Waals surface area contributed by atoms with Gasteiger partial charge < -0.3 is 10.1 Å². The Morgan fingerprint density at radius 3 is 2.64 bits per heavy atom. The van der Waals surface area contributed by atoms with E-state index in [0.717, 1.165) is 5.01 Å². The van der Waals surface area contributed by atoms with E-state index < -0.39 is 12.0 Å². The average Bonchev–Trinajstić information content (AvgIpc) is 2.96. The van der Waals surface area contributed by atoms with Crippen LogP contribution in [0.25, 0.3) is 6.08 Å². The molecule has 114 valence electrons. The van der Waals surface area contributed by atoms with E-state index in [1.807, 2.05) is 18.4 Å². The van der Waals surface area contributed by atoms with Gasteiger partial charge in [-0.1, -0.05) is 30.3 Å². The predicted molar refractivity (Wildman–Crippen MR) is 85.2 cm³/mol. The van der Waals surface area contributed by atoms with Gasteiger partial charge in [0.15, 0.2) is 6.04 Å². The summed E-state index contributed by atoms with van der Waals surface area (Å²) in [6.45, 7) is 1.89. The summed E-state index contributed by atoms with van der Waals surface area (Å²) in [4.78, 5) is 28.1. The Hall–Kier alpha value is -2.47. The Balaban J connectivity index is 2.08. The van der Waals surface area contributed by atoms with Crippen molar-refractivity contribution in [3.63, 3.8) is 0 Å². The molecule has 1 aromatic heterocycles. The van der Waals surface area contributed by atoms with Crippen molar-refractivity contribution in [3.8, 4) is 0 Å². The number of rotatable bonds is 5. The predicted octanol–water partition coefficient (Wildman–Crippen LogP) is 2.50. The molecule has 1 amide bonds. The van der Waals surface area contributed by atoms with E-state index in [1.165, 1.54) is 24.5 Å². The average molecular weight is 316 g/mol. The number of aromatic nitrogens is 1. The largest absolute Gasteiger partial charge is 0.467 e. The highest BCUT2D eigenvalue weighted by Gasteiger charge is 2.22. The number of hydrogen-bond acceptors (Lipinski definition) is 5. The summed E-state index contributed by atoms with van der Waals surface area (Å²) in [5, 5.41) is 5.42. The van der Waals surface area contributed by atoms with Crippen molar-refractivity contribution in [3.05, 3.63) is 58.1 Å². The number of thiazole rings is 1. The maximum absolute atomic E-state index is 12.0. The number of benzene rings is 1. The molecule has 6 heteroatoms. The number of amides is 1. The Morgan fingerprint density at radius 1 is 1.32 bits per heavy atom. The van der Waals surface area contributed by atoms with Gasteiger partial charge in [-0.15, -0.1) is 11.3 Å². The summed E-state index contributed by atoms with van der Waals surface area (Å²) in [7, 11) is 1.29. The quantitative estimate of drug-likeness (QED) is 0.680. The third-order valence-electron chi connectivity index (χ3n) is 2.90. The van der Waals surface area contributed by atoms with Crippen molar-refractivity contribution < 1.29 is 14.3 Å². The van der Waals surface area contributed by atoms with Crippen molar-refractivity contribution in [2.45, 2.75) is 13.0 Å². The number of methoxy groups -OCH3 is 1. The molecular weight excluding hydrogens is 300 g/mol. The molecule has 0 fully saturated rings. The van der Waals surface area contributed by atoms with Crippen molar-refractivity contribution in [1.82, 2.24) is 10.3 Å². The van der Waals surface area contributed by atoms with Crippen molar-refractivity contribution in [2.75, 3.05) is 7.11 Å². The van der Waals surface area contributed by atoms with Crippen LogP contribution in [0.3, 0.4) is 0 Å². The Bertz CT molecular complexity index is 680. The van der Waals surface area contributed by atoms with Crippen LogP contribution in [0, 0.1) is 6.92 Å². The molecule has 0 unspecified atom stereocenters. The van der Waals surface area contributed by atoms with Crippen LogP contribution in [0.1, 0.15) is 22.3 Å². The number of aryl methyl sites for hydroxylation is 1. The number of nitrogens with zero attached hydrogens (tertiary/aromatic N) is 1. The first-order chi connectivity index (χ1) is 10.6. The highest BCUT2D eigenvalue weighted by Crippen LogP contribution is 2.14. The molecule has 0 radical (unpaired) electrons. The van der Waals surface area contributed by atoms with Gasteiger partial charge in [0.1, 0.15) is 0 Å². The molecule has 0 saturated carbocycles. The highest BCUT2D eigenvalue weighted by molar-refractivity contribution is 7.09. The fourth-order valence-electron chi connectivity index (χ4n) is 1.85. The van der Waals surface area contributed by atoms with Crippen LogP contribution in [-0.4, -0.2) is 24.0 Å². The smallest absolute Gasteiger partial charge is 0.333 e.